The second kappa shape index (κ2) is 5.64. The van der Waals surface area contributed by atoms with Crippen LogP contribution in [0.4, 0.5) is 0 Å². The van der Waals surface area contributed by atoms with Crippen molar-refractivity contribution in [3.63, 3.8) is 0 Å². The molecule has 0 fully saturated rings. The van der Waals surface area contributed by atoms with Gasteiger partial charge in [0.05, 0.1) is 0 Å². The molecule has 1 aromatic heterocycles. The Labute approximate surface area is 144 Å². The molecule has 1 heterocycles. The molecule has 0 unspecified atom stereocenters. The van der Waals surface area contributed by atoms with E-state index in [1.54, 1.807) is 0 Å². The van der Waals surface area contributed by atoms with Gasteiger partial charge in [-0.05, 0) is 45.5 Å². The van der Waals surface area contributed by atoms with Crippen molar-refractivity contribution in [2.24, 2.45) is 0 Å². The standard InChI is InChI=1S/C20H19BrO2/c1-12-5-7-13(8-6-12)17-15-10-9-14(20(2,3)4)11-16(15)23-19(22)18(17)21/h5-11H,1-4H3. The normalized spacial score (nSPS) is 11.9. The van der Waals surface area contributed by atoms with Gasteiger partial charge in [0.15, 0.2) is 0 Å². The third kappa shape index (κ3) is 2.98. The van der Waals surface area contributed by atoms with Crippen LogP contribution in [0.25, 0.3) is 22.1 Å². The van der Waals surface area contributed by atoms with Crippen molar-refractivity contribution in [1.82, 2.24) is 0 Å². The molecule has 118 valence electrons. The van der Waals surface area contributed by atoms with Crippen molar-refractivity contribution in [3.8, 4) is 11.1 Å². The zero-order chi connectivity index (χ0) is 16.8. The van der Waals surface area contributed by atoms with Crippen molar-refractivity contribution in [3.05, 3.63) is 68.5 Å². The summed E-state index contributed by atoms with van der Waals surface area (Å²) in [6.45, 7) is 8.48. The highest BCUT2D eigenvalue weighted by molar-refractivity contribution is 9.10. The van der Waals surface area contributed by atoms with E-state index < -0.39 is 0 Å². The first-order valence-corrected chi connectivity index (χ1v) is 8.40. The van der Waals surface area contributed by atoms with E-state index in [0.717, 1.165) is 22.1 Å². The van der Waals surface area contributed by atoms with E-state index in [4.69, 9.17) is 4.42 Å². The monoisotopic (exact) mass is 370 g/mol. The molecule has 0 aliphatic carbocycles. The Kier molecular flexibility index (Phi) is 3.93. The summed E-state index contributed by atoms with van der Waals surface area (Å²) in [4.78, 5) is 12.2. The van der Waals surface area contributed by atoms with E-state index in [9.17, 15) is 4.79 Å². The minimum atomic E-state index is -0.348. The van der Waals surface area contributed by atoms with Crippen LogP contribution in [0.2, 0.25) is 0 Å². The lowest BCUT2D eigenvalue weighted by Gasteiger charge is -2.19. The van der Waals surface area contributed by atoms with Crippen LogP contribution in [-0.4, -0.2) is 0 Å². The van der Waals surface area contributed by atoms with Crippen LogP contribution in [0.3, 0.4) is 0 Å². The van der Waals surface area contributed by atoms with Gasteiger partial charge in [-0.15, -0.1) is 0 Å². The number of benzene rings is 2. The molecule has 0 spiro atoms. The van der Waals surface area contributed by atoms with Crippen LogP contribution in [0, 0.1) is 6.92 Å². The summed E-state index contributed by atoms with van der Waals surface area (Å²) in [7, 11) is 0. The fourth-order valence-corrected chi connectivity index (χ4v) is 3.17. The van der Waals surface area contributed by atoms with E-state index in [0.29, 0.717) is 10.1 Å². The summed E-state index contributed by atoms with van der Waals surface area (Å²) in [6.07, 6.45) is 0. The van der Waals surface area contributed by atoms with Gasteiger partial charge in [-0.25, -0.2) is 4.79 Å². The number of fused-ring (bicyclic) bond motifs is 1. The summed E-state index contributed by atoms with van der Waals surface area (Å²) in [5.41, 5.74) is 4.50. The van der Waals surface area contributed by atoms with Gasteiger partial charge in [-0.2, -0.15) is 0 Å². The molecule has 0 saturated carbocycles. The minimum Gasteiger partial charge on any atom is -0.422 e. The van der Waals surface area contributed by atoms with Gasteiger partial charge in [-0.3, -0.25) is 0 Å². The fourth-order valence-electron chi connectivity index (χ4n) is 2.65. The first-order valence-electron chi connectivity index (χ1n) is 7.61. The van der Waals surface area contributed by atoms with E-state index in [2.05, 4.69) is 42.8 Å². The summed E-state index contributed by atoms with van der Waals surface area (Å²) in [5.74, 6) is 0. The smallest absolute Gasteiger partial charge is 0.351 e. The lowest BCUT2D eigenvalue weighted by atomic mass is 9.86. The van der Waals surface area contributed by atoms with Crippen molar-refractivity contribution in [2.75, 3.05) is 0 Å². The van der Waals surface area contributed by atoms with Crippen molar-refractivity contribution >= 4 is 26.9 Å². The maximum atomic E-state index is 12.2. The van der Waals surface area contributed by atoms with Crippen LogP contribution in [0.5, 0.6) is 0 Å². The van der Waals surface area contributed by atoms with Crippen molar-refractivity contribution < 1.29 is 4.42 Å². The van der Waals surface area contributed by atoms with E-state index >= 15 is 0 Å². The Morgan fingerprint density at radius 1 is 1.00 bits per heavy atom. The van der Waals surface area contributed by atoms with Crippen LogP contribution in [0.1, 0.15) is 31.9 Å². The third-order valence-corrected chi connectivity index (χ3v) is 4.78. The zero-order valence-corrected chi connectivity index (χ0v) is 15.3. The topological polar surface area (TPSA) is 30.2 Å². The van der Waals surface area contributed by atoms with Crippen LogP contribution < -0.4 is 5.63 Å². The van der Waals surface area contributed by atoms with Gasteiger partial charge < -0.3 is 4.42 Å². The first kappa shape index (κ1) is 16.0. The van der Waals surface area contributed by atoms with Crippen molar-refractivity contribution in [1.29, 1.82) is 0 Å². The second-order valence-electron chi connectivity index (χ2n) is 6.91. The SMILES string of the molecule is Cc1ccc(-c2c(Br)c(=O)oc3cc(C(C)(C)C)ccc23)cc1. The quantitative estimate of drug-likeness (QED) is 0.504. The van der Waals surface area contributed by atoms with Gasteiger partial charge in [0.2, 0.25) is 0 Å². The van der Waals surface area contributed by atoms with Gasteiger partial charge in [-0.1, -0.05) is 62.7 Å². The van der Waals surface area contributed by atoms with E-state index in [1.807, 2.05) is 43.3 Å². The molecule has 0 bridgehead atoms. The largest absolute Gasteiger partial charge is 0.422 e. The van der Waals surface area contributed by atoms with Gasteiger partial charge in [0.1, 0.15) is 10.1 Å². The molecule has 2 nitrogen and oxygen atoms in total. The van der Waals surface area contributed by atoms with Gasteiger partial charge in [0.25, 0.3) is 0 Å². The van der Waals surface area contributed by atoms with Crippen molar-refractivity contribution in [2.45, 2.75) is 33.1 Å². The van der Waals surface area contributed by atoms with Gasteiger partial charge in [0, 0.05) is 10.9 Å². The number of hydrogen-bond acceptors (Lipinski definition) is 2. The zero-order valence-electron chi connectivity index (χ0n) is 13.7. The highest BCUT2D eigenvalue weighted by Crippen LogP contribution is 2.35. The lowest BCUT2D eigenvalue weighted by Crippen LogP contribution is -2.11. The molecule has 3 rings (SSSR count). The van der Waals surface area contributed by atoms with Crippen LogP contribution >= 0.6 is 15.9 Å². The molecule has 3 heteroatoms. The lowest BCUT2D eigenvalue weighted by molar-refractivity contribution is 0.550. The third-order valence-electron chi connectivity index (χ3n) is 4.06. The number of hydrogen-bond donors (Lipinski definition) is 0. The minimum absolute atomic E-state index is 0.00382. The molecule has 0 N–H and O–H groups in total. The summed E-state index contributed by atoms with van der Waals surface area (Å²) < 4.78 is 5.98. The molecular weight excluding hydrogens is 352 g/mol. The highest BCUT2D eigenvalue weighted by Gasteiger charge is 2.18. The summed E-state index contributed by atoms with van der Waals surface area (Å²) in [5, 5.41) is 0.938. The number of rotatable bonds is 1. The van der Waals surface area contributed by atoms with E-state index in [1.165, 1.54) is 5.56 Å². The molecular formula is C20H19BrO2. The van der Waals surface area contributed by atoms with E-state index in [-0.39, 0.29) is 11.0 Å². The second-order valence-corrected chi connectivity index (χ2v) is 7.70. The molecule has 0 radical (unpaired) electrons. The molecule has 23 heavy (non-hydrogen) atoms. The predicted octanol–water partition coefficient (Wildman–Crippen LogP) is 5.83. The first-order chi connectivity index (χ1) is 10.8. The summed E-state index contributed by atoms with van der Waals surface area (Å²) >= 11 is 3.41. The number of aryl methyl sites for hydroxylation is 1. The Hall–Kier alpha value is -1.87. The average molecular weight is 371 g/mol. The summed E-state index contributed by atoms with van der Waals surface area (Å²) in [6, 6.07) is 14.3. The van der Waals surface area contributed by atoms with Gasteiger partial charge >= 0.3 is 5.63 Å². The number of halogens is 1. The Balaban J connectivity index is 2.34. The molecule has 2 aromatic carbocycles. The Bertz CT molecular complexity index is 929. The molecule has 0 amide bonds. The molecule has 0 aliphatic rings. The van der Waals surface area contributed by atoms with Crippen LogP contribution in [-0.2, 0) is 5.41 Å². The predicted molar refractivity (Wildman–Crippen MR) is 99.1 cm³/mol. The highest BCUT2D eigenvalue weighted by atomic mass is 79.9. The molecule has 0 aliphatic heterocycles. The maximum absolute atomic E-state index is 12.2. The molecule has 0 atom stereocenters. The Morgan fingerprint density at radius 3 is 2.26 bits per heavy atom. The average Bonchev–Trinajstić information content (AvgIpc) is 2.48. The maximum Gasteiger partial charge on any atom is 0.351 e. The molecule has 0 saturated heterocycles. The Morgan fingerprint density at radius 2 is 1.65 bits per heavy atom. The molecule has 3 aromatic rings. The van der Waals surface area contributed by atoms with Crippen LogP contribution in [0.15, 0.2) is 56.1 Å². The fraction of sp³-hybridized carbons (Fsp3) is 0.250.